The van der Waals surface area contributed by atoms with E-state index in [2.05, 4.69) is 34.7 Å². The normalized spacial score (nSPS) is 13.3. The maximum absolute atomic E-state index is 12.2. The van der Waals surface area contributed by atoms with Crippen molar-refractivity contribution in [2.24, 2.45) is 0 Å². The van der Waals surface area contributed by atoms with Crippen molar-refractivity contribution in [2.75, 3.05) is 13.2 Å². The predicted octanol–water partition coefficient (Wildman–Crippen LogP) is 4.88. The van der Waals surface area contributed by atoms with Crippen molar-refractivity contribution in [1.29, 1.82) is 1.43 Å². The summed E-state index contributed by atoms with van der Waals surface area (Å²) in [6.45, 7) is 2.67. The molecule has 0 fully saturated rings. The molecule has 1 atom stereocenters. The Kier molecular flexibility index (Phi) is 8.33. The lowest BCUT2D eigenvalue weighted by Crippen LogP contribution is -2.27. The molecule has 0 bridgehead atoms. The van der Waals surface area contributed by atoms with Crippen LogP contribution in [0.15, 0.2) is 48.5 Å². The summed E-state index contributed by atoms with van der Waals surface area (Å²) >= 11 is 0. The Morgan fingerprint density at radius 2 is 1.70 bits per heavy atom. The third kappa shape index (κ3) is 6.81. The Hall–Kier alpha value is -3.35. The minimum atomic E-state index is -0.760. The fourth-order valence-corrected chi connectivity index (χ4v) is 4.13. The second-order valence-corrected chi connectivity index (χ2v) is 8.14. The van der Waals surface area contributed by atoms with Crippen molar-refractivity contribution in [2.45, 2.75) is 57.5 Å². The monoisotopic (exact) mass is 455 g/mol. The van der Waals surface area contributed by atoms with Gasteiger partial charge in [-0.2, -0.15) is 0 Å². The minimum absolute atomic E-state index is 0.0288. The highest BCUT2D eigenvalue weighted by Crippen LogP contribution is 2.44. The van der Waals surface area contributed by atoms with E-state index in [9.17, 15) is 14.4 Å². The second-order valence-electron chi connectivity index (χ2n) is 8.14. The molecule has 0 aromatic heterocycles. The summed E-state index contributed by atoms with van der Waals surface area (Å²) in [6, 6.07) is 16.4. The molecule has 2 aromatic carbocycles. The van der Waals surface area contributed by atoms with Crippen molar-refractivity contribution < 1.29 is 29.0 Å². The molecule has 0 aliphatic heterocycles. The summed E-state index contributed by atoms with van der Waals surface area (Å²) in [7, 11) is 0. The number of nitrogens with one attached hydrogen (secondary N) is 1. The third-order valence-electron chi connectivity index (χ3n) is 5.85. The third-order valence-corrected chi connectivity index (χ3v) is 5.85. The van der Waals surface area contributed by atoms with Gasteiger partial charge in [-0.25, -0.2) is 4.79 Å². The first-order valence-corrected chi connectivity index (χ1v) is 11.5. The van der Waals surface area contributed by atoms with E-state index in [4.69, 9.17) is 10.9 Å². The Morgan fingerprint density at radius 1 is 1.03 bits per heavy atom. The molecular weight excluding hydrogens is 422 g/mol. The summed E-state index contributed by atoms with van der Waals surface area (Å²) in [4.78, 5) is 34.9. The Labute approximate surface area is 195 Å². The maximum Gasteiger partial charge on any atom is 0.407 e. The summed E-state index contributed by atoms with van der Waals surface area (Å²) in [5.41, 5.74) is 4.73. The van der Waals surface area contributed by atoms with Crippen LogP contribution in [0.1, 0.15) is 62.5 Å². The van der Waals surface area contributed by atoms with Gasteiger partial charge in [-0.15, -0.1) is 0 Å². The summed E-state index contributed by atoms with van der Waals surface area (Å²) in [5, 5.41) is 6.57. The number of fused-ring (bicyclic) bond motifs is 3. The van der Waals surface area contributed by atoms with E-state index in [0.717, 1.165) is 12.8 Å². The first-order valence-electron chi connectivity index (χ1n) is 11.9. The number of carbonyl (C=O) groups is 3. The lowest BCUT2D eigenvalue weighted by Gasteiger charge is -2.16. The Balaban J connectivity index is 1.35. The lowest BCUT2D eigenvalue weighted by atomic mass is 9.98. The van der Waals surface area contributed by atoms with Gasteiger partial charge in [-0.05, 0) is 47.9 Å². The number of carbonyl (C=O) groups excluding carboxylic acids is 2. The number of carboxylic acids is 1. The molecule has 1 amide bonds. The topological polar surface area (TPSA) is 102 Å². The Bertz CT molecular complexity index is 949. The quantitative estimate of drug-likeness (QED) is 0.349. The maximum atomic E-state index is 12.2. The SMILES string of the molecule is [3H]OC(=O)CCC(=O)OC(CC)CCCCNC(=O)OCC1c2ccccc2-c2ccccc21. The van der Waals surface area contributed by atoms with E-state index in [-0.39, 0.29) is 31.5 Å². The van der Waals surface area contributed by atoms with Gasteiger partial charge in [0.2, 0.25) is 0 Å². The van der Waals surface area contributed by atoms with Gasteiger partial charge in [0.1, 0.15) is 12.7 Å². The number of ether oxygens (including phenoxy) is 2. The van der Waals surface area contributed by atoms with Crippen LogP contribution in [0.2, 0.25) is 0 Å². The van der Waals surface area contributed by atoms with Gasteiger partial charge >= 0.3 is 18.0 Å². The fourth-order valence-electron chi connectivity index (χ4n) is 4.13. The summed E-state index contributed by atoms with van der Waals surface area (Å²) in [6.07, 6.45) is 1.87. The second kappa shape index (κ2) is 12.0. The highest BCUT2D eigenvalue weighted by molar-refractivity contribution is 5.79. The van der Waals surface area contributed by atoms with Gasteiger partial charge in [-0.1, -0.05) is 55.5 Å². The zero-order chi connectivity index (χ0) is 24.3. The molecule has 0 saturated heterocycles. The molecule has 0 heterocycles. The minimum Gasteiger partial charge on any atom is -0.481 e. The van der Waals surface area contributed by atoms with Crippen LogP contribution >= 0.6 is 0 Å². The number of carboxylic acid groups (broad SMARTS) is 1. The number of esters is 1. The van der Waals surface area contributed by atoms with E-state index in [1.807, 2.05) is 31.2 Å². The van der Waals surface area contributed by atoms with Crippen LogP contribution in [0.5, 0.6) is 0 Å². The van der Waals surface area contributed by atoms with Crippen LogP contribution in [0.4, 0.5) is 4.79 Å². The fraction of sp³-hybridized carbons (Fsp3) is 0.423. The molecule has 33 heavy (non-hydrogen) atoms. The van der Waals surface area contributed by atoms with Crippen LogP contribution in [0.3, 0.4) is 0 Å². The molecule has 0 spiro atoms. The average molecular weight is 456 g/mol. The largest absolute Gasteiger partial charge is 0.481 e. The van der Waals surface area contributed by atoms with Gasteiger partial charge in [-0.3, -0.25) is 9.59 Å². The van der Waals surface area contributed by atoms with E-state index in [1.165, 1.54) is 22.3 Å². The number of alkyl carbamates (subject to hydrolysis) is 1. The summed E-state index contributed by atoms with van der Waals surface area (Å²) < 4.78 is 17.4. The molecule has 1 aliphatic carbocycles. The number of benzene rings is 2. The molecule has 176 valence electrons. The van der Waals surface area contributed by atoms with E-state index >= 15 is 0 Å². The van der Waals surface area contributed by atoms with Crippen LogP contribution < -0.4 is 5.32 Å². The average Bonchev–Trinajstić information content (AvgIpc) is 3.18. The number of unbranched alkanes of at least 4 members (excludes halogenated alkanes) is 1. The molecule has 7 heteroatoms. The van der Waals surface area contributed by atoms with Crippen molar-refractivity contribution in [3.05, 3.63) is 59.7 Å². The molecule has 1 aliphatic rings. The van der Waals surface area contributed by atoms with E-state index in [1.54, 1.807) is 0 Å². The molecule has 3 rings (SSSR count). The number of aliphatic carboxylic acids is 1. The number of hydrogen-bond donors (Lipinski definition) is 2. The molecule has 0 saturated carbocycles. The van der Waals surface area contributed by atoms with Gasteiger partial charge in [0.15, 0.2) is 0 Å². The van der Waals surface area contributed by atoms with Crippen LogP contribution in [-0.4, -0.2) is 42.4 Å². The zero-order valence-electron chi connectivity index (χ0n) is 19.9. The Morgan fingerprint density at radius 3 is 2.33 bits per heavy atom. The molecule has 7 nitrogen and oxygen atoms in total. The highest BCUT2D eigenvalue weighted by Gasteiger charge is 2.28. The first-order chi connectivity index (χ1) is 16.5. The molecule has 2 aromatic rings. The van der Waals surface area contributed by atoms with Crippen LogP contribution in [-0.2, 0) is 19.1 Å². The standard InChI is InChI=1S/C26H31NO6/c1-2-18(33-25(30)15-14-24(28)29)9-7-8-16-27-26(31)32-17-23-21-12-5-3-10-19(21)20-11-4-6-13-22(20)23/h3-6,10-13,18,23H,2,7-9,14-17H2,1H3,(H,27,31)(H,28,29)/i/hT. The van der Waals surface area contributed by atoms with Crippen LogP contribution in [0.25, 0.3) is 12.6 Å². The lowest BCUT2D eigenvalue weighted by molar-refractivity contribution is -0.152. The van der Waals surface area contributed by atoms with Crippen molar-refractivity contribution in [1.82, 2.24) is 5.32 Å². The zero-order valence-corrected chi connectivity index (χ0v) is 18.9. The highest BCUT2D eigenvalue weighted by atomic mass is 16.5. The van der Waals surface area contributed by atoms with Crippen LogP contribution in [0, 0.1) is 0 Å². The van der Waals surface area contributed by atoms with Crippen molar-refractivity contribution in [3.8, 4) is 11.1 Å². The first kappa shape index (κ1) is 22.8. The molecule has 2 N–H and O–H groups in total. The van der Waals surface area contributed by atoms with Gasteiger partial charge in [0, 0.05) is 12.5 Å². The predicted molar refractivity (Wildman–Crippen MR) is 124 cm³/mol. The molecule has 1 unspecified atom stereocenters. The smallest absolute Gasteiger partial charge is 0.407 e. The summed E-state index contributed by atoms with van der Waals surface area (Å²) in [5.74, 6) is -1.21. The molecule has 0 radical (unpaired) electrons. The van der Waals surface area contributed by atoms with Crippen molar-refractivity contribution in [3.63, 3.8) is 0 Å². The van der Waals surface area contributed by atoms with Gasteiger partial charge < -0.3 is 19.9 Å². The number of amides is 1. The molecular formula is C26H31NO6. The van der Waals surface area contributed by atoms with Gasteiger partial charge in [0.25, 0.3) is 1.43 Å². The van der Waals surface area contributed by atoms with Gasteiger partial charge in [0.05, 0.1) is 12.8 Å². The number of hydrogen-bond acceptors (Lipinski definition) is 6. The van der Waals surface area contributed by atoms with Crippen molar-refractivity contribution >= 4 is 18.0 Å². The van der Waals surface area contributed by atoms with E-state index < -0.39 is 18.0 Å². The number of rotatable bonds is 12. The van der Waals surface area contributed by atoms with E-state index in [0.29, 0.717) is 19.4 Å².